The van der Waals surface area contributed by atoms with Gasteiger partial charge in [0.1, 0.15) is 6.10 Å². The van der Waals surface area contributed by atoms with Crippen molar-refractivity contribution < 1.29 is 22.6 Å². The summed E-state index contributed by atoms with van der Waals surface area (Å²) in [4.78, 5) is 0. The highest BCUT2D eigenvalue weighted by molar-refractivity contribution is 5.28. The number of rotatable bonds is 5. The average Bonchev–Trinajstić information content (AvgIpc) is 2.48. The summed E-state index contributed by atoms with van der Waals surface area (Å²) in [5.41, 5.74) is -0.0613. The summed E-state index contributed by atoms with van der Waals surface area (Å²) in [6, 6.07) is 5.10. The van der Waals surface area contributed by atoms with Gasteiger partial charge in [0.2, 0.25) is 0 Å². The van der Waals surface area contributed by atoms with Crippen molar-refractivity contribution in [3.8, 4) is 0 Å². The number of benzene rings is 1. The molecular weight excluding hydrogens is 283 g/mol. The Balaban J connectivity index is 2.22. The molecule has 1 heterocycles. The van der Waals surface area contributed by atoms with E-state index in [1.165, 1.54) is 12.1 Å². The van der Waals surface area contributed by atoms with Crippen LogP contribution in [0.4, 0.5) is 13.2 Å². The standard InChI is InChI=1S/C15H20F3NO2/c1-2-6-19-14(13-10-20-7-8-21-13)11-4-3-5-12(9-11)15(16,17)18/h3-5,9,13-14,19H,2,6-8,10H2,1H3. The molecule has 0 amide bonds. The van der Waals surface area contributed by atoms with E-state index in [4.69, 9.17) is 9.47 Å². The summed E-state index contributed by atoms with van der Waals surface area (Å²) in [7, 11) is 0. The van der Waals surface area contributed by atoms with Gasteiger partial charge in [-0.3, -0.25) is 0 Å². The lowest BCUT2D eigenvalue weighted by Gasteiger charge is -2.31. The second kappa shape index (κ2) is 7.24. The van der Waals surface area contributed by atoms with Crippen LogP contribution < -0.4 is 5.32 Å². The molecule has 1 aromatic carbocycles. The lowest BCUT2D eigenvalue weighted by Crippen LogP contribution is -2.41. The number of hydrogen-bond donors (Lipinski definition) is 1. The first kappa shape index (κ1) is 16.3. The second-order valence-electron chi connectivity index (χ2n) is 5.04. The highest BCUT2D eigenvalue weighted by atomic mass is 19.4. The largest absolute Gasteiger partial charge is 0.416 e. The van der Waals surface area contributed by atoms with E-state index in [2.05, 4.69) is 5.32 Å². The third-order valence-corrected chi connectivity index (χ3v) is 3.40. The van der Waals surface area contributed by atoms with E-state index in [0.29, 0.717) is 31.9 Å². The highest BCUT2D eigenvalue weighted by Crippen LogP contribution is 2.32. The molecule has 0 spiro atoms. The molecule has 0 aromatic heterocycles. The summed E-state index contributed by atoms with van der Waals surface area (Å²) in [6.45, 7) is 4.10. The molecule has 1 fully saturated rings. The minimum absolute atomic E-state index is 0.270. The second-order valence-corrected chi connectivity index (χ2v) is 5.04. The Labute approximate surface area is 122 Å². The van der Waals surface area contributed by atoms with Crippen molar-refractivity contribution in [3.05, 3.63) is 35.4 Å². The van der Waals surface area contributed by atoms with Crippen LogP contribution in [-0.4, -0.2) is 32.5 Å². The summed E-state index contributed by atoms with van der Waals surface area (Å²) < 4.78 is 49.6. The number of halogens is 3. The maximum absolute atomic E-state index is 12.8. The monoisotopic (exact) mass is 303 g/mol. The van der Waals surface area contributed by atoms with Gasteiger partial charge in [0.15, 0.2) is 0 Å². The Morgan fingerprint density at radius 3 is 2.76 bits per heavy atom. The smallest absolute Gasteiger partial charge is 0.376 e. The zero-order valence-electron chi connectivity index (χ0n) is 12.0. The number of alkyl halides is 3. The minimum Gasteiger partial charge on any atom is -0.376 e. The van der Waals surface area contributed by atoms with Crippen molar-refractivity contribution in [2.75, 3.05) is 26.4 Å². The number of ether oxygens (including phenoxy) is 2. The molecule has 2 rings (SSSR count). The zero-order valence-corrected chi connectivity index (χ0v) is 12.0. The van der Waals surface area contributed by atoms with Crippen molar-refractivity contribution in [1.82, 2.24) is 5.32 Å². The van der Waals surface area contributed by atoms with E-state index < -0.39 is 11.7 Å². The predicted octanol–water partition coefficient (Wildman–Crippen LogP) is 3.16. The predicted molar refractivity (Wildman–Crippen MR) is 73.0 cm³/mol. The molecule has 0 saturated carbocycles. The van der Waals surface area contributed by atoms with E-state index in [0.717, 1.165) is 12.5 Å². The third kappa shape index (κ3) is 4.43. The van der Waals surface area contributed by atoms with Gasteiger partial charge in [0.25, 0.3) is 0 Å². The van der Waals surface area contributed by atoms with Crippen molar-refractivity contribution >= 4 is 0 Å². The summed E-state index contributed by atoms with van der Waals surface area (Å²) in [5.74, 6) is 0. The fourth-order valence-corrected chi connectivity index (χ4v) is 2.37. The van der Waals surface area contributed by atoms with E-state index in [1.54, 1.807) is 6.07 Å². The van der Waals surface area contributed by atoms with Gasteiger partial charge in [-0.15, -0.1) is 0 Å². The maximum atomic E-state index is 12.8. The van der Waals surface area contributed by atoms with Crippen molar-refractivity contribution in [1.29, 1.82) is 0 Å². The third-order valence-electron chi connectivity index (χ3n) is 3.40. The molecule has 21 heavy (non-hydrogen) atoms. The van der Waals surface area contributed by atoms with Crippen LogP contribution in [0.25, 0.3) is 0 Å². The molecule has 0 radical (unpaired) electrons. The number of nitrogens with one attached hydrogen (secondary N) is 1. The molecule has 3 nitrogen and oxygen atoms in total. The number of hydrogen-bond acceptors (Lipinski definition) is 3. The summed E-state index contributed by atoms with van der Waals surface area (Å²) >= 11 is 0. The summed E-state index contributed by atoms with van der Waals surface area (Å²) in [6.07, 6.45) is -3.72. The Hall–Kier alpha value is -1.11. The minimum atomic E-state index is -4.34. The quantitative estimate of drug-likeness (QED) is 0.906. The van der Waals surface area contributed by atoms with Gasteiger partial charge in [0.05, 0.1) is 31.4 Å². The topological polar surface area (TPSA) is 30.5 Å². The van der Waals surface area contributed by atoms with E-state index >= 15 is 0 Å². The van der Waals surface area contributed by atoms with Crippen LogP contribution in [0, 0.1) is 0 Å². The van der Waals surface area contributed by atoms with Crippen LogP contribution in [0.5, 0.6) is 0 Å². The average molecular weight is 303 g/mol. The molecule has 6 heteroatoms. The Kier molecular flexibility index (Phi) is 5.61. The van der Waals surface area contributed by atoms with Gasteiger partial charge in [-0.1, -0.05) is 19.1 Å². The molecule has 2 unspecified atom stereocenters. The van der Waals surface area contributed by atoms with Gasteiger partial charge in [0, 0.05) is 0 Å². The molecule has 1 aliphatic rings. The van der Waals surface area contributed by atoms with Crippen LogP contribution in [-0.2, 0) is 15.7 Å². The van der Waals surface area contributed by atoms with Gasteiger partial charge in [-0.25, -0.2) is 0 Å². The molecule has 1 aromatic rings. The fraction of sp³-hybridized carbons (Fsp3) is 0.600. The molecule has 118 valence electrons. The Morgan fingerprint density at radius 2 is 2.14 bits per heavy atom. The normalized spacial score (nSPS) is 21.2. The van der Waals surface area contributed by atoms with Crippen LogP contribution in [0.1, 0.15) is 30.5 Å². The SMILES string of the molecule is CCCNC(c1cccc(C(F)(F)F)c1)C1COCCO1. The van der Waals surface area contributed by atoms with Gasteiger partial charge >= 0.3 is 6.18 Å². The molecule has 2 atom stereocenters. The van der Waals surface area contributed by atoms with E-state index in [1.807, 2.05) is 6.92 Å². The molecule has 0 aliphatic carbocycles. The van der Waals surface area contributed by atoms with Crippen molar-refractivity contribution in [2.24, 2.45) is 0 Å². The highest BCUT2D eigenvalue weighted by Gasteiger charge is 2.32. The summed E-state index contributed by atoms with van der Waals surface area (Å²) in [5, 5.41) is 3.26. The fourth-order valence-electron chi connectivity index (χ4n) is 2.37. The van der Waals surface area contributed by atoms with Crippen LogP contribution in [0.3, 0.4) is 0 Å². The first-order chi connectivity index (χ1) is 10.0. The zero-order chi connectivity index (χ0) is 15.3. The van der Waals surface area contributed by atoms with Gasteiger partial charge in [-0.05, 0) is 30.7 Å². The molecule has 1 aliphatic heterocycles. The molecule has 1 saturated heterocycles. The van der Waals surface area contributed by atoms with E-state index in [-0.39, 0.29) is 12.1 Å². The maximum Gasteiger partial charge on any atom is 0.416 e. The Morgan fingerprint density at radius 1 is 1.33 bits per heavy atom. The lowest BCUT2D eigenvalue weighted by atomic mass is 9.98. The lowest BCUT2D eigenvalue weighted by molar-refractivity contribution is -0.137. The molecule has 0 bridgehead atoms. The molecule has 1 N–H and O–H groups in total. The first-order valence-electron chi connectivity index (χ1n) is 7.12. The van der Waals surface area contributed by atoms with Gasteiger partial charge < -0.3 is 14.8 Å². The van der Waals surface area contributed by atoms with Gasteiger partial charge in [-0.2, -0.15) is 13.2 Å². The first-order valence-corrected chi connectivity index (χ1v) is 7.12. The van der Waals surface area contributed by atoms with Crippen LogP contribution in [0.15, 0.2) is 24.3 Å². The van der Waals surface area contributed by atoms with Crippen molar-refractivity contribution in [3.63, 3.8) is 0 Å². The Bertz CT molecular complexity index is 445. The van der Waals surface area contributed by atoms with E-state index in [9.17, 15) is 13.2 Å². The van der Waals surface area contributed by atoms with Crippen LogP contribution in [0.2, 0.25) is 0 Å². The van der Waals surface area contributed by atoms with Crippen LogP contribution >= 0.6 is 0 Å². The molecular formula is C15H20F3NO2. The van der Waals surface area contributed by atoms with Crippen molar-refractivity contribution in [2.45, 2.75) is 31.7 Å².